The van der Waals surface area contributed by atoms with E-state index in [1.54, 1.807) is 6.92 Å². The van der Waals surface area contributed by atoms with Gasteiger partial charge in [0.15, 0.2) is 5.82 Å². The summed E-state index contributed by atoms with van der Waals surface area (Å²) in [6.07, 6.45) is 2.38. The van der Waals surface area contributed by atoms with Gasteiger partial charge < -0.3 is 13.9 Å². The Morgan fingerprint density at radius 1 is 1.11 bits per heavy atom. The lowest BCUT2D eigenvalue weighted by molar-refractivity contribution is 0.0759. The van der Waals surface area contributed by atoms with Crippen LogP contribution in [0.1, 0.15) is 28.4 Å². The highest BCUT2D eigenvalue weighted by molar-refractivity contribution is 5.94. The number of amides is 1. The molecule has 0 unspecified atom stereocenters. The molecular formula is C19H21N5O3. The van der Waals surface area contributed by atoms with Crippen molar-refractivity contribution in [2.45, 2.75) is 19.9 Å². The van der Waals surface area contributed by atoms with Crippen molar-refractivity contribution in [2.24, 2.45) is 0 Å². The van der Waals surface area contributed by atoms with E-state index < -0.39 is 0 Å². The van der Waals surface area contributed by atoms with Crippen LogP contribution in [0.3, 0.4) is 0 Å². The van der Waals surface area contributed by atoms with Crippen LogP contribution in [-0.2, 0) is 6.54 Å². The summed E-state index contributed by atoms with van der Waals surface area (Å²) < 4.78 is 10.4. The Balaban J connectivity index is 1.37. The zero-order chi connectivity index (χ0) is 18.6. The van der Waals surface area contributed by atoms with Gasteiger partial charge in [-0.05, 0) is 25.5 Å². The first kappa shape index (κ1) is 17.4. The maximum atomic E-state index is 12.6. The van der Waals surface area contributed by atoms with E-state index in [1.165, 1.54) is 6.20 Å². The molecule has 8 heteroatoms. The van der Waals surface area contributed by atoms with Crippen LogP contribution < -0.4 is 0 Å². The Hall–Kier alpha value is -3.00. The van der Waals surface area contributed by atoms with Gasteiger partial charge in [-0.2, -0.15) is 4.98 Å². The van der Waals surface area contributed by atoms with Gasteiger partial charge in [0.2, 0.25) is 0 Å². The molecule has 0 spiro atoms. The fourth-order valence-electron chi connectivity index (χ4n) is 3.22. The van der Waals surface area contributed by atoms with Crippen LogP contribution in [0.2, 0.25) is 0 Å². The van der Waals surface area contributed by atoms with Crippen LogP contribution in [-0.4, -0.2) is 57.2 Å². The molecule has 0 N–H and O–H groups in total. The van der Waals surface area contributed by atoms with Crippen molar-refractivity contribution in [3.63, 3.8) is 0 Å². The molecule has 0 radical (unpaired) electrons. The van der Waals surface area contributed by atoms with Gasteiger partial charge in [-0.3, -0.25) is 9.69 Å². The Bertz CT molecular complexity index is 905. The fourth-order valence-corrected chi connectivity index (χ4v) is 3.22. The number of carbonyl (C=O) groups is 1. The normalized spacial score (nSPS) is 15.7. The van der Waals surface area contributed by atoms with Crippen molar-refractivity contribution in [2.75, 3.05) is 26.2 Å². The summed E-state index contributed by atoms with van der Waals surface area (Å²) >= 11 is 0. The Morgan fingerprint density at radius 3 is 2.74 bits per heavy atom. The van der Waals surface area contributed by atoms with Crippen LogP contribution in [0.4, 0.5) is 0 Å². The van der Waals surface area contributed by atoms with Crippen LogP contribution in [0.25, 0.3) is 11.5 Å². The third-order valence-electron chi connectivity index (χ3n) is 4.71. The molecule has 1 aliphatic heterocycles. The third-order valence-corrected chi connectivity index (χ3v) is 4.71. The molecule has 0 bridgehead atoms. The van der Waals surface area contributed by atoms with Gasteiger partial charge in [0, 0.05) is 31.7 Å². The maximum absolute atomic E-state index is 12.6. The molecule has 4 rings (SSSR count). The summed E-state index contributed by atoms with van der Waals surface area (Å²) in [6.45, 7) is 5.34. The molecule has 0 aliphatic carbocycles. The number of rotatable bonds is 4. The van der Waals surface area contributed by atoms with E-state index in [2.05, 4.69) is 20.2 Å². The lowest BCUT2D eigenvalue weighted by atomic mass is 10.2. The third kappa shape index (κ3) is 3.90. The highest BCUT2D eigenvalue weighted by Crippen LogP contribution is 2.17. The van der Waals surface area contributed by atoms with Gasteiger partial charge in [-0.15, -0.1) is 0 Å². The summed E-state index contributed by atoms with van der Waals surface area (Å²) in [6, 6.07) is 9.72. The predicted octanol–water partition coefficient (Wildman–Crippen LogP) is 2.38. The van der Waals surface area contributed by atoms with Gasteiger partial charge in [-0.1, -0.05) is 28.5 Å². The predicted molar refractivity (Wildman–Crippen MR) is 96.8 cm³/mol. The topological polar surface area (TPSA) is 88.5 Å². The highest BCUT2D eigenvalue weighted by Gasteiger charge is 2.24. The van der Waals surface area contributed by atoms with Gasteiger partial charge in [0.1, 0.15) is 11.3 Å². The Morgan fingerprint density at radius 2 is 1.96 bits per heavy atom. The van der Waals surface area contributed by atoms with Gasteiger partial charge in [-0.25, -0.2) is 0 Å². The van der Waals surface area contributed by atoms with Crippen molar-refractivity contribution < 1.29 is 13.8 Å². The molecule has 8 nitrogen and oxygen atoms in total. The Labute approximate surface area is 156 Å². The van der Waals surface area contributed by atoms with Crippen molar-refractivity contribution in [3.05, 3.63) is 53.7 Å². The first-order chi connectivity index (χ1) is 13.2. The number of benzene rings is 1. The largest absolute Gasteiger partial charge is 0.361 e. The summed E-state index contributed by atoms with van der Waals surface area (Å²) in [7, 11) is 0. The van der Waals surface area contributed by atoms with Gasteiger partial charge >= 0.3 is 0 Å². The first-order valence-electron chi connectivity index (χ1n) is 9.01. The van der Waals surface area contributed by atoms with Crippen LogP contribution >= 0.6 is 0 Å². The van der Waals surface area contributed by atoms with Crippen molar-refractivity contribution in [1.82, 2.24) is 25.1 Å². The van der Waals surface area contributed by atoms with E-state index in [1.807, 2.05) is 35.2 Å². The standard InChI is InChI=1S/C19H21N5O3/c1-14-16(12-20-26-14)19(25)24-9-5-8-23(10-11-24)13-17-21-18(27-22-17)15-6-3-2-4-7-15/h2-4,6-7,12H,5,8-11,13H2,1H3. The van der Waals surface area contributed by atoms with Crippen molar-refractivity contribution in [3.8, 4) is 11.5 Å². The molecule has 3 heterocycles. The monoisotopic (exact) mass is 367 g/mol. The molecular weight excluding hydrogens is 346 g/mol. The molecule has 1 aromatic carbocycles. The summed E-state index contributed by atoms with van der Waals surface area (Å²) in [5.41, 5.74) is 1.45. The molecule has 0 atom stereocenters. The second-order valence-corrected chi connectivity index (χ2v) is 6.60. The highest BCUT2D eigenvalue weighted by atomic mass is 16.5. The number of nitrogens with zero attached hydrogens (tertiary/aromatic N) is 5. The molecule has 1 fully saturated rings. The van der Waals surface area contributed by atoms with Crippen molar-refractivity contribution in [1.29, 1.82) is 0 Å². The van der Waals surface area contributed by atoms with E-state index in [9.17, 15) is 4.79 Å². The molecule has 1 saturated heterocycles. The number of aryl methyl sites for hydroxylation is 1. The average Bonchev–Trinajstić information content (AvgIpc) is 3.26. The number of aromatic nitrogens is 3. The second-order valence-electron chi connectivity index (χ2n) is 6.60. The molecule has 3 aromatic rings. The number of hydrogen-bond donors (Lipinski definition) is 0. The van der Waals surface area contributed by atoms with Gasteiger partial charge in [0.05, 0.1) is 12.7 Å². The fraction of sp³-hybridized carbons (Fsp3) is 0.368. The van der Waals surface area contributed by atoms with E-state index in [0.717, 1.165) is 25.1 Å². The smallest absolute Gasteiger partial charge is 0.259 e. The number of hydrogen-bond acceptors (Lipinski definition) is 7. The Kier molecular flexibility index (Phi) is 4.97. The quantitative estimate of drug-likeness (QED) is 0.699. The second kappa shape index (κ2) is 7.71. The zero-order valence-corrected chi connectivity index (χ0v) is 15.2. The minimum atomic E-state index is -0.0264. The SMILES string of the molecule is Cc1oncc1C(=O)N1CCCN(Cc2noc(-c3ccccc3)n2)CC1. The minimum Gasteiger partial charge on any atom is -0.361 e. The summed E-state index contributed by atoms with van der Waals surface area (Å²) in [5, 5.41) is 7.79. The van der Waals surface area contributed by atoms with Crippen LogP contribution in [0.5, 0.6) is 0 Å². The van der Waals surface area contributed by atoms with Crippen LogP contribution in [0, 0.1) is 6.92 Å². The number of carbonyl (C=O) groups excluding carboxylic acids is 1. The molecule has 1 aliphatic rings. The lowest BCUT2D eigenvalue weighted by Crippen LogP contribution is -2.35. The van der Waals surface area contributed by atoms with Crippen LogP contribution in [0.15, 0.2) is 45.6 Å². The van der Waals surface area contributed by atoms with E-state index >= 15 is 0 Å². The lowest BCUT2D eigenvalue weighted by Gasteiger charge is -2.20. The molecule has 1 amide bonds. The average molecular weight is 367 g/mol. The zero-order valence-electron chi connectivity index (χ0n) is 15.2. The summed E-state index contributed by atoms with van der Waals surface area (Å²) in [4.78, 5) is 21.2. The minimum absolute atomic E-state index is 0.0264. The van der Waals surface area contributed by atoms with Gasteiger partial charge in [0.25, 0.3) is 11.8 Å². The maximum Gasteiger partial charge on any atom is 0.259 e. The van der Waals surface area contributed by atoms with E-state index in [4.69, 9.17) is 9.05 Å². The van der Waals surface area contributed by atoms with E-state index in [0.29, 0.717) is 42.7 Å². The molecule has 2 aromatic heterocycles. The molecule has 0 saturated carbocycles. The first-order valence-corrected chi connectivity index (χ1v) is 9.01. The van der Waals surface area contributed by atoms with E-state index in [-0.39, 0.29) is 5.91 Å². The van der Waals surface area contributed by atoms with Crippen molar-refractivity contribution >= 4 is 5.91 Å². The summed E-state index contributed by atoms with van der Waals surface area (Å²) in [5.74, 6) is 1.71. The molecule has 27 heavy (non-hydrogen) atoms. The molecule has 140 valence electrons.